The molecule has 1 aromatic heterocycles. The molecule has 0 aliphatic carbocycles. The molecule has 2 aromatic rings. The molecule has 1 aromatic carbocycles. The zero-order valence-electron chi connectivity index (χ0n) is 9.55. The summed E-state index contributed by atoms with van der Waals surface area (Å²) in [5.41, 5.74) is 2.15. The van der Waals surface area contributed by atoms with Gasteiger partial charge in [0.25, 0.3) is 0 Å². The number of nitrogens with zero attached hydrogens (tertiary/aromatic N) is 1. The minimum absolute atomic E-state index is 0.159. The molecule has 0 saturated carbocycles. The molecule has 0 radical (unpaired) electrons. The van der Waals surface area contributed by atoms with Gasteiger partial charge < -0.3 is 4.42 Å². The zero-order chi connectivity index (χ0) is 11.4. The Labute approximate surface area is 95.6 Å². The van der Waals surface area contributed by atoms with E-state index in [9.17, 15) is 0 Å². The molecule has 0 N–H and O–H groups in total. The highest BCUT2D eigenvalue weighted by molar-refractivity contribution is 5.96. The molecule has 0 unspecified atom stereocenters. The molecule has 2 heteroatoms. The van der Waals surface area contributed by atoms with Gasteiger partial charge in [0.2, 0.25) is 0 Å². The monoisotopic (exact) mass is 213 g/mol. The predicted octanol–water partition coefficient (Wildman–Crippen LogP) is 3.85. The highest BCUT2D eigenvalue weighted by Gasteiger charge is 2.05. The maximum Gasteiger partial charge on any atom is 0.147 e. The summed E-state index contributed by atoms with van der Waals surface area (Å²) in [5, 5.41) is 0. The smallest absolute Gasteiger partial charge is 0.147 e. The van der Waals surface area contributed by atoms with Gasteiger partial charge >= 0.3 is 0 Å². The maximum absolute atomic E-state index is 5.30. The fraction of sp³-hybridized carbons (Fsp3) is 0.214. The Morgan fingerprint density at radius 2 is 1.88 bits per heavy atom. The van der Waals surface area contributed by atoms with Gasteiger partial charge in [-0.1, -0.05) is 30.3 Å². The van der Waals surface area contributed by atoms with Crippen LogP contribution in [0.25, 0.3) is 0 Å². The van der Waals surface area contributed by atoms with Crippen molar-refractivity contribution in [1.29, 1.82) is 0 Å². The molecule has 2 nitrogen and oxygen atoms in total. The van der Waals surface area contributed by atoms with Gasteiger partial charge in [0.1, 0.15) is 5.76 Å². The Morgan fingerprint density at radius 1 is 1.12 bits per heavy atom. The number of benzene rings is 1. The number of hydrogen-bond acceptors (Lipinski definition) is 2. The van der Waals surface area contributed by atoms with Crippen LogP contribution in [-0.4, -0.2) is 5.71 Å². The summed E-state index contributed by atoms with van der Waals surface area (Å²) in [5.74, 6) is 0.836. The van der Waals surface area contributed by atoms with E-state index in [-0.39, 0.29) is 6.04 Å². The van der Waals surface area contributed by atoms with E-state index >= 15 is 0 Å². The first-order valence-electron chi connectivity index (χ1n) is 5.40. The van der Waals surface area contributed by atoms with E-state index in [4.69, 9.17) is 4.42 Å². The first kappa shape index (κ1) is 10.7. The molecule has 2 rings (SSSR count). The van der Waals surface area contributed by atoms with E-state index in [0.717, 1.165) is 11.5 Å². The molecular formula is C14H15NO. The van der Waals surface area contributed by atoms with Crippen molar-refractivity contribution < 1.29 is 4.42 Å². The molecule has 0 fully saturated rings. The van der Waals surface area contributed by atoms with Crippen LogP contribution in [0.2, 0.25) is 0 Å². The van der Waals surface area contributed by atoms with Crippen LogP contribution in [0.4, 0.5) is 0 Å². The van der Waals surface area contributed by atoms with Crippen molar-refractivity contribution >= 4 is 5.71 Å². The lowest BCUT2D eigenvalue weighted by atomic mass is 10.1. The fourth-order valence-corrected chi connectivity index (χ4v) is 1.64. The van der Waals surface area contributed by atoms with Crippen molar-refractivity contribution in [2.24, 2.45) is 4.99 Å². The van der Waals surface area contributed by atoms with Gasteiger partial charge in [-0.15, -0.1) is 0 Å². The quantitative estimate of drug-likeness (QED) is 0.711. The van der Waals surface area contributed by atoms with Crippen LogP contribution in [0.15, 0.2) is 58.1 Å². The van der Waals surface area contributed by atoms with Gasteiger partial charge in [-0.3, -0.25) is 4.99 Å². The number of furan rings is 1. The second-order valence-electron chi connectivity index (χ2n) is 3.78. The van der Waals surface area contributed by atoms with Crippen LogP contribution in [0.3, 0.4) is 0 Å². The predicted molar refractivity (Wildman–Crippen MR) is 65.8 cm³/mol. The zero-order valence-corrected chi connectivity index (χ0v) is 9.55. The molecule has 0 spiro atoms. The Bertz CT molecular complexity index is 457. The summed E-state index contributed by atoms with van der Waals surface area (Å²) >= 11 is 0. The van der Waals surface area contributed by atoms with E-state index < -0.39 is 0 Å². The number of aliphatic imine (C=N–C) groups is 1. The standard InChI is InChI=1S/C14H15NO/c1-11(13-7-4-3-5-8-13)15-12(2)14-9-6-10-16-14/h3-11H,1-2H3/t11-/m1/s1. The van der Waals surface area contributed by atoms with Crippen molar-refractivity contribution in [2.75, 3.05) is 0 Å². The molecule has 0 aliphatic heterocycles. The molecule has 0 saturated heterocycles. The Hall–Kier alpha value is -1.83. The first-order chi connectivity index (χ1) is 7.77. The fourth-order valence-electron chi connectivity index (χ4n) is 1.64. The van der Waals surface area contributed by atoms with Crippen molar-refractivity contribution in [1.82, 2.24) is 0 Å². The molecule has 16 heavy (non-hydrogen) atoms. The second-order valence-corrected chi connectivity index (χ2v) is 3.78. The average Bonchev–Trinajstić information content (AvgIpc) is 2.83. The van der Waals surface area contributed by atoms with Crippen molar-refractivity contribution in [3.8, 4) is 0 Å². The Kier molecular flexibility index (Phi) is 3.20. The van der Waals surface area contributed by atoms with E-state index in [1.807, 2.05) is 37.3 Å². The van der Waals surface area contributed by atoms with Gasteiger partial charge in [-0.2, -0.15) is 0 Å². The molecule has 0 amide bonds. The molecule has 1 heterocycles. The topological polar surface area (TPSA) is 25.5 Å². The number of hydrogen-bond donors (Lipinski definition) is 0. The summed E-state index contributed by atoms with van der Waals surface area (Å²) in [6.07, 6.45) is 1.67. The van der Waals surface area contributed by atoms with E-state index in [1.165, 1.54) is 5.56 Å². The van der Waals surface area contributed by atoms with E-state index in [0.29, 0.717) is 0 Å². The Morgan fingerprint density at radius 3 is 2.50 bits per heavy atom. The second kappa shape index (κ2) is 4.79. The number of rotatable bonds is 3. The minimum atomic E-state index is 0.159. The SMILES string of the molecule is CC(=N[C@H](C)c1ccccc1)c1ccco1. The van der Waals surface area contributed by atoms with Gasteiger partial charge in [0.15, 0.2) is 0 Å². The molecule has 0 aliphatic rings. The molecular weight excluding hydrogens is 198 g/mol. The summed E-state index contributed by atoms with van der Waals surface area (Å²) < 4.78 is 5.30. The largest absolute Gasteiger partial charge is 0.463 e. The van der Waals surface area contributed by atoms with Crippen molar-refractivity contribution in [3.05, 3.63) is 60.1 Å². The summed E-state index contributed by atoms with van der Waals surface area (Å²) in [4.78, 5) is 4.61. The van der Waals surface area contributed by atoms with Crippen LogP contribution in [0, 0.1) is 0 Å². The summed E-state index contributed by atoms with van der Waals surface area (Å²) in [6.45, 7) is 4.06. The van der Waals surface area contributed by atoms with Crippen molar-refractivity contribution in [2.45, 2.75) is 19.9 Å². The highest BCUT2D eigenvalue weighted by Crippen LogP contribution is 2.17. The lowest BCUT2D eigenvalue weighted by molar-refractivity contribution is 0.556. The van der Waals surface area contributed by atoms with Crippen LogP contribution in [0.1, 0.15) is 31.2 Å². The Balaban J connectivity index is 2.18. The minimum Gasteiger partial charge on any atom is -0.463 e. The van der Waals surface area contributed by atoms with Crippen LogP contribution in [-0.2, 0) is 0 Å². The van der Waals surface area contributed by atoms with Crippen LogP contribution >= 0.6 is 0 Å². The van der Waals surface area contributed by atoms with Gasteiger partial charge in [-0.05, 0) is 31.5 Å². The van der Waals surface area contributed by atoms with Gasteiger partial charge in [-0.25, -0.2) is 0 Å². The third-order valence-corrected chi connectivity index (χ3v) is 2.55. The normalized spacial score (nSPS) is 13.8. The average molecular weight is 213 g/mol. The lowest BCUT2D eigenvalue weighted by Gasteiger charge is -2.07. The highest BCUT2D eigenvalue weighted by atomic mass is 16.3. The first-order valence-corrected chi connectivity index (χ1v) is 5.40. The lowest BCUT2D eigenvalue weighted by Crippen LogP contribution is -1.97. The van der Waals surface area contributed by atoms with E-state index in [2.05, 4.69) is 24.0 Å². The third kappa shape index (κ3) is 2.40. The van der Waals surface area contributed by atoms with Gasteiger partial charge in [0, 0.05) is 0 Å². The van der Waals surface area contributed by atoms with Gasteiger partial charge in [0.05, 0.1) is 18.0 Å². The van der Waals surface area contributed by atoms with Crippen LogP contribution < -0.4 is 0 Å². The van der Waals surface area contributed by atoms with E-state index in [1.54, 1.807) is 6.26 Å². The maximum atomic E-state index is 5.30. The van der Waals surface area contributed by atoms with Crippen LogP contribution in [0.5, 0.6) is 0 Å². The summed E-state index contributed by atoms with van der Waals surface area (Å²) in [7, 11) is 0. The molecule has 1 atom stereocenters. The molecule has 82 valence electrons. The third-order valence-electron chi connectivity index (χ3n) is 2.55. The summed E-state index contributed by atoms with van der Waals surface area (Å²) in [6, 6.07) is 14.2. The molecule has 0 bridgehead atoms. The van der Waals surface area contributed by atoms with Crippen molar-refractivity contribution in [3.63, 3.8) is 0 Å².